The van der Waals surface area contributed by atoms with Crippen LogP contribution in [0.2, 0.25) is 0 Å². The van der Waals surface area contributed by atoms with E-state index >= 15 is 0 Å². The van der Waals surface area contributed by atoms with E-state index in [1.165, 1.54) is 18.2 Å². The van der Waals surface area contributed by atoms with Crippen molar-refractivity contribution in [1.82, 2.24) is 0 Å². The lowest BCUT2D eigenvalue weighted by atomic mass is 9.97. The van der Waals surface area contributed by atoms with Crippen molar-refractivity contribution < 1.29 is 23.4 Å². The van der Waals surface area contributed by atoms with Crippen molar-refractivity contribution in [2.75, 3.05) is 18.5 Å². The molecule has 18 heavy (non-hydrogen) atoms. The quantitative estimate of drug-likeness (QED) is 0.763. The maximum absolute atomic E-state index is 12.8. The molecule has 0 aliphatic heterocycles. The molecule has 0 fully saturated rings. The van der Waals surface area contributed by atoms with Crippen LogP contribution in [0.5, 0.6) is 0 Å². The van der Waals surface area contributed by atoms with E-state index in [9.17, 15) is 23.4 Å². The highest BCUT2D eigenvalue weighted by atomic mass is 19.4. The number of para-hydroxylation sites is 1. The van der Waals surface area contributed by atoms with Crippen LogP contribution in [0, 0.1) is 0 Å². The molecule has 0 heterocycles. The molecule has 0 atom stereocenters. The average Bonchev–Trinajstić information content (AvgIpc) is 2.35. The fourth-order valence-corrected chi connectivity index (χ4v) is 1.57. The Hall–Kier alpha value is -1.27. The molecule has 0 bridgehead atoms. The maximum atomic E-state index is 12.8. The largest absolute Gasteiger partial charge is 0.418 e. The van der Waals surface area contributed by atoms with Crippen LogP contribution in [0.25, 0.3) is 0 Å². The lowest BCUT2D eigenvalue weighted by molar-refractivity contribution is -0.137. The summed E-state index contributed by atoms with van der Waals surface area (Å²) in [5, 5.41) is 21.1. The minimum Gasteiger partial charge on any atom is -0.394 e. The van der Waals surface area contributed by atoms with Crippen molar-refractivity contribution in [3.63, 3.8) is 0 Å². The van der Waals surface area contributed by atoms with Gasteiger partial charge in [-0.2, -0.15) is 13.2 Å². The average molecular weight is 263 g/mol. The Labute approximate surface area is 103 Å². The van der Waals surface area contributed by atoms with E-state index in [0.717, 1.165) is 6.07 Å². The Kier molecular flexibility index (Phi) is 4.59. The number of hydrogen-bond donors (Lipinski definition) is 3. The molecule has 6 heteroatoms. The number of halogens is 3. The molecule has 0 saturated carbocycles. The molecule has 0 aliphatic rings. The SMILES string of the molecule is CCC(CO)(CO)Nc1ccccc1C(F)(F)F. The summed E-state index contributed by atoms with van der Waals surface area (Å²) in [5.74, 6) is 0. The Morgan fingerprint density at radius 1 is 1.11 bits per heavy atom. The van der Waals surface area contributed by atoms with Gasteiger partial charge in [-0.05, 0) is 18.6 Å². The zero-order chi connectivity index (χ0) is 13.8. The van der Waals surface area contributed by atoms with Gasteiger partial charge in [-0.25, -0.2) is 0 Å². The second-order valence-electron chi connectivity index (χ2n) is 4.12. The molecule has 0 unspecified atom stereocenters. The van der Waals surface area contributed by atoms with E-state index < -0.39 is 30.5 Å². The number of rotatable bonds is 5. The van der Waals surface area contributed by atoms with Crippen molar-refractivity contribution >= 4 is 5.69 Å². The van der Waals surface area contributed by atoms with Crippen molar-refractivity contribution in [2.24, 2.45) is 0 Å². The van der Waals surface area contributed by atoms with Gasteiger partial charge in [-0.15, -0.1) is 0 Å². The van der Waals surface area contributed by atoms with E-state index in [0.29, 0.717) is 6.42 Å². The Bertz CT molecular complexity index is 381. The second kappa shape index (κ2) is 5.58. The van der Waals surface area contributed by atoms with Gasteiger partial charge in [0.25, 0.3) is 0 Å². The normalized spacial score (nSPS) is 12.6. The number of anilines is 1. The molecule has 0 radical (unpaired) electrons. The molecule has 0 amide bonds. The van der Waals surface area contributed by atoms with E-state index in [-0.39, 0.29) is 5.69 Å². The second-order valence-corrected chi connectivity index (χ2v) is 4.12. The topological polar surface area (TPSA) is 52.5 Å². The third-order valence-electron chi connectivity index (χ3n) is 2.91. The summed E-state index contributed by atoms with van der Waals surface area (Å²) in [6.45, 7) is 0.772. The van der Waals surface area contributed by atoms with Crippen molar-refractivity contribution in [2.45, 2.75) is 25.1 Å². The Morgan fingerprint density at radius 2 is 1.67 bits per heavy atom. The number of aliphatic hydroxyl groups is 2. The molecule has 1 aromatic rings. The third-order valence-corrected chi connectivity index (χ3v) is 2.91. The van der Waals surface area contributed by atoms with Gasteiger partial charge in [0.05, 0.1) is 24.3 Å². The third kappa shape index (κ3) is 3.14. The van der Waals surface area contributed by atoms with E-state index in [4.69, 9.17) is 0 Å². The number of benzene rings is 1. The highest BCUT2D eigenvalue weighted by Gasteiger charge is 2.35. The van der Waals surface area contributed by atoms with Crippen molar-refractivity contribution in [1.29, 1.82) is 0 Å². The summed E-state index contributed by atoms with van der Waals surface area (Å²) in [6, 6.07) is 4.99. The fourth-order valence-electron chi connectivity index (χ4n) is 1.57. The van der Waals surface area contributed by atoms with Crippen LogP contribution in [0.4, 0.5) is 18.9 Å². The minimum atomic E-state index is -4.48. The summed E-state index contributed by atoms with van der Waals surface area (Å²) >= 11 is 0. The highest BCUT2D eigenvalue weighted by Crippen LogP contribution is 2.35. The molecule has 1 aromatic carbocycles. The van der Waals surface area contributed by atoms with Crippen LogP contribution in [0.15, 0.2) is 24.3 Å². The van der Waals surface area contributed by atoms with Gasteiger partial charge in [0.1, 0.15) is 0 Å². The van der Waals surface area contributed by atoms with Crippen molar-refractivity contribution in [3.05, 3.63) is 29.8 Å². The lowest BCUT2D eigenvalue weighted by Crippen LogP contribution is -2.45. The van der Waals surface area contributed by atoms with Crippen LogP contribution < -0.4 is 5.32 Å². The monoisotopic (exact) mass is 263 g/mol. The Balaban J connectivity index is 3.11. The molecule has 3 N–H and O–H groups in total. The summed E-state index contributed by atoms with van der Waals surface area (Å²) in [4.78, 5) is 0. The van der Waals surface area contributed by atoms with Gasteiger partial charge in [0.15, 0.2) is 0 Å². The van der Waals surface area contributed by atoms with Crippen LogP contribution in [0.1, 0.15) is 18.9 Å². The smallest absolute Gasteiger partial charge is 0.394 e. The van der Waals surface area contributed by atoms with Crippen LogP contribution in [0.3, 0.4) is 0 Å². The van der Waals surface area contributed by atoms with Crippen LogP contribution >= 0.6 is 0 Å². The molecule has 102 valence electrons. The molecule has 1 rings (SSSR count). The van der Waals surface area contributed by atoms with E-state index in [1.54, 1.807) is 6.92 Å². The Morgan fingerprint density at radius 3 is 2.11 bits per heavy atom. The van der Waals surface area contributed by atoms with Crippen LogP contribution in [-0.4, -0.2) is 29.0 Å². The lowest BCUT2D eigenvalue weighted by Gasteiger charge is -2.32. The zero-order valence-electron chi connectivity index (χ0n) is 9.96. The first kappa shape index (κ1) is 14.8. The maximum Gasteiger partial charge on any atom is 0.418 e. The predicted molar refractivity (Wildman–Crippen MR) is 62.3 cm³/mol. The fraction of sp³-hybridized carbons (Fsp3) is 0.500. The standard InChI is InChI=1S/C12H16F3NO2/c1-2-11(7-17,8-18)16-10-6-4-3-5-9(10)12(13,14)15/h3-6,16-18H,2,7-8H2,1H3. The first-order valence-corrected chi connectivity index (χ1v) is 5.54. The van der Waals surface area contributed by atoms with E-state index in [1.807, 2.05) is 0 Å². The van der Waals surface area contributed by atoms with Gasteiger partial charge in [-0.1, -0.05) is 19.1 Å². The minimum absolute atomic E-state index is 0.144. The molecular formula is C12H16F3NO2. The van der Waals surface area contributed by atoms with Gasteiger partial charge in [0.2, 0.25) is 0 Å². The van der Waals surface area contributed by atoms with Gasteiger partial charge >= 0.3 is 6.18 Å². The summed E-state index contributed by atoms with van der Waals surface area (Å²) in [5.41, 5.74) is -2.11. The number of aliphatic hydroxyl groups excluding tert-OH is 2. The number of nitrogens with one attached hydrogen (secondary N) is 1. The number of alkyl halides is 3. The zero-order valence-corrected chi connectivity index (χ0v) is 9.96. The van der Waals surface area contributed by atoms with Gasteiger partial charge in [0, 0.05) is 5.69 Å². The first-order chi connectivity index (χ1) is 8.38. The highest BCUT2D eigenvalue weighted by molar-refractivity contribution is 5.54. The number of hydrogen-bond acceptors (Lipinski definition) is 3. The van der Waals surface area contributed by atoms with Crippen molar-refractivity contribution in [3.8, 4) is 0 Å². The molecule has 0 aromatic heterocycles. The molecular weight excluding hydrogens is 247 g/mol. The van der Waals surface area contributed by atoms with Crippen LogP contribution in [-0.2, 0) is 6.18 Å². The molecule has 0 spiro atoms. The summed E-state index contributed by atoms with van der Waals surface area (Å²) < 4.78 is 38.3. The predicted octanol–water partition coefficient (Wildman–Crippen LogP) is 2.25. The first-order valence-electron chi connectivity index (χ1n) is 5.54. The summed E-state index contributed by atoms with van der Waals surface area (Å²) in [6.07, 6.45) is -4.18. The summed E-state index contributed by atoms with van der Waals surface area (Å²) in [7, 11) is 0. The molecule has 0 saturated heterocycles. The molecule has 3 nitrogen and oxygen atoms in total. The van der Waals surface area contributed by atoms with E-state index in [2.05, 4.69) is 5.32 Å². The van der Waals surface area contributed by atoms with Gasteiger partial charge < -0.3 is 15.5 Å². The van der Waals surface area contributed by atoms with Gasteiger partial charge in [-0.3, -0.25) is 0 Å². The molecule has 0 aliphatic carbocycles.